The maximum Gasteiger partial charge on any atom is 2.00 e. The van der Waals surface area contributed by atoms with E-state index >= 15 is 0 Å². The maximum absolute atomic E-state index is 13.3. The molecule has 6 aromatic rings. The molecule has 3 amide bonds. The molecular weight excluding hydrogens is 1140 g/mol. The van der Waals surface area contributed by atoms with Crippen molar-refractivity contribution in [1.29, 1.82) is 0 Å². The van der Waals surface area contributed by atoms with Gasteiger partial charge in [-0.1, -0.05) is 78.9 Å². The van der Waals surface area contributed by atoms with Gasteiger partial charge in [0.2, 0.25) is 0 Å². The predicted molar refractivity (Wildman–Crippen MR) is 296 cm³/mol. The number of rotatable bonds is 15. The normalized spacial score (nSPS) is 20.8. The zero-order valence-corrected chi connectivity index (χ0v) is 49.4. The van der Waals surface area contributed by atoms with Gasteiger partial charge in [0, 0.05) is 58.2 Å². The Morgan fingerprint density at radius 1 is 0.476 bits per heavy atom. The Bertz CT molecular complexity index is 2900. The molecular formula is C63H66BrF6MgN3O8. The van der Waals surface area contributed by atoms with Crippen LogP contribution in [-0.4, -0.2) is 93.2 Å². The van der Waals surface area contributed by atoms with Crippen molar-refractivity contribution in [3.05, 3.63) is 234 Å². The molecule has 3 fully saturated rings. The van der Waals surface area contributed by atoms with Crippen LogP contribution in [0.25, 0.3) is 0 Å². The third kappa shape index (κ3) is 16.3. The van der Waals surface area contributed by atoms with Gasteiger partial charge in [-0.25, -0.2) is 40.7 Å². The summed E-state index contributed by atoms with van der Waals surface area (Å²) in [6, 6.07) is 34.7. The summed E-state index contributed by atoms with van der Waals surface area (Å²) in [6.07, 6.45) is 2.29. The second-order valence-electron chi connectivity index (χ2n) is 20.0. The van der Waals surface area contributed by atoms with E-state index in [0.29, 0.717) is 62.7 Å². The van der Waals surface area contributed by atoms with E-state index in [0.717, 1.165) is 22.3 Å². The number of benzene rings is 6. The number of aliphatic hydroxyl groups excluding tert-OH is 1. The van der Waals surface area contributed by atoms with Gasteiger partial charge in [-0.05, 0) is 134 Å². The van der Waals surface area contributed by atoms with Crippen LogP contribution in [0.2, 0.25) is 0 Å². The minimum Gasteiger partial charge on any atom is -1.00 e. The number of amides is 3. The fourth-order valence-electron chi connectivity index (χ4n) is 10.3. The van der Waals surface area contributed by atoms with Gasteiger partial charge in [0.25, 0.3) is 0 Å². The van der Waals surface area contributed by atoms with Crippen molar-refractivity contribution in [2.45, 2.75) is 107 Å². The first kappa shape index (κ1) is 67.8. The second kappa shape index (κ2) is 30.0. The van der Waals surface area contributed by atoms with Crippen LogP contribution in [0.3, 0.4) is 0 Å². The quantitative estimate of drug-likeness (QED) is 0.0269. The van der Waals surface area contributed by atoms with Crippen molar-refractivity contribution in [2.24, 2.45) is 0 Å². The maximum atomic E-state index is 13.3. The third-order valence-electron chi connectivity index (χ3n) is 14.9. The average molecular weight is 1210 g/mol. The largest absolute Gasteiger partial charge is 2.00 e. The number of ether oxygens (including phenoxy) is 3. The van der Waals surface area contributed by atoms with Gasteiger partial charge >= 0.3 is 41.3 Å². The summed E-state index contributed by atoms with van der Waals surface area (Å²) in [5, 5.41) is 9.94. The third-order valence-corrected chi connectivity index (χ3v) is 14.9. The van der Waals surface area contributed by atoms with E-state index in [4.69, 9.17) is 14.2 Å². The van der Waals surface area contributed by atoms with Gasteiger partial charge in [0.1, 0.15) is 58.0 Å². The molecule has 0 aromatic heterocycles. The minimum atomic E-state index is -1.09. The summed E-state index contributed by atoms with van der Waals surface area (Å²) in [5.41, 5.74) is 1.49. The smallest absolute Gasteiger partial charge is 1.00 e. The number of carbonyl (C=O) groups excluding carboxylic acids is 4. The Hall–Kier alpha value is -6.67. The Balaban J connectivity index is 0.000000260. The van der Waals surface area contributed by atoms with Crippen molar-refractivity contribution >= 4 is 47.6 Å². The van der Waals surface area contributed by atoms with E-state index < -0.39 is 47.0 Å². The van der Waals surface area contributed by atoms with Crippen LogP contribution in [0.5, 0.6) is 0 Å². The number of aliphatic hydroxyl groups is 1. The first-order chi connectivity index (χ1) is 37.7. The molecule has 19 heteroatoms. The molecule has 3 aliphatic rings. The number of hydrogen-bond acceptors (Lipinski definition) is 8. The van der Waals surface area contributed by atoms with E-state index in [1.54, 1.807) is 88.4 Å². The molecule has 0 spiro atoms. The molecule has 82 heavy (non-hydrogen) atoms. The van der Waals surface area contributed by atoms with Gasteiger partial charge in [0.15, 0.2) is 0 Å². The molecule has 6 aromatic carbocycles. The number of nitrogens with zero attached hydrogens (tertiary/aromatic N) is 3. The first-order valence-corrected chi connectivity index (χ1v) is 26.0. The molecule has 3 aliphatic heterocycles. The Labute approximate surface area is 502 Å². The van der Waals surface area contributed by atoms with Crippen LogP contribution >= 0.6 is 0 Å². The standard InChI is InChI=1S/C21H23F2NO3.C21H21F2NO2.C20H19F2NO3.CH3.BrH.Mg/c1-14(25)13-21(17-5-9-19(23)10-6-17)11-12-24(20(26)27-21)15(2)16-3-7-18(22)8-4-16;1-3-12-21(17-6-10-19(23)11-7-17)13-14-24(20(25)26-21)15(2)16-4-8-18(22)9-5-16;1-14(15-2-6-17(21)7-3-15)23-12-10-20(11-13-24,26-19(23)25)16-4-8-18(22)9-5-16;;;/h3-10,14-15,25H,11-13H2,1-2H3;3-11,15H,1,12-14H2,2H3;2-9,13-14H,10-12H2,1H3;1H3;1H;/q;;;-1;;+2/p-1/t14?,15-,21-;15-,21+;14-,20-;;;/m000.../s1. The van der Waals surface area contributed by atoms with Crippen molar-refractivity contribution in [1.82, 2.24) is 14.7 Å². The second-order valence-corrected chi connectivity index (χ2v) is 20.0. The van der Waals surface area contributed by atoms with Crippen LogP contribution < -0.4 is 17.0 Å². The molecule has 432 valence electrons. The molecule has 1 unspecified atom stereocenters. The zero-order chi connectivity index (χ0) is 57.1. The number of hydrogen-bond donors (Lipinski definition) is 1. The van der Waals surface area contributed by atoms with Gasteiger partial charge in [0.05, 0.1) is 24.2 Å². The monoisotopic (exact) mass is 1210 g/mol. The predicted octanol–water partition coefficient (Wildman–Crippen LogP) is 11.3. The molecule has 7 atom stereocenters. The molecule has 0 radical (unpaired) electrons. The molecule has 3 heterocycles. The number of aldehydes is 1. The first-order valence-electron chi connectivity index (χ1n) is 26.0. The van der Waals surface area contributed by atoms with E-state index in [-0.39, 0.29) is 108 Å². The molecule has 0 bridgehead atoms. The molecule has 9 rings (SSSR count). The summed E-state index contributed by atoms with van der Waals surface area (Å²) in [4.78, 5) is 54.1. The molecule has 1 N–H and O–H groups in total. The van der Waals surface area contributed by atoms with E-state index in [1.807, 2.05) is 20.8 Å². The van der Waals surface area contributed by atoms with Gasteiger partial charge in [-0.15, -0.1) is 6.58 Å². The summed E-state index contributed by atoms with van der Waals surface area (Å²) in [5.74, 6) is -2.11. The van der Waals surface area contributed by atoms with Crippen molar-refractivity contribution in [3.8, 4) is 0 Å². The molecule has 0 saturated carbocycles. The van der Waals surface area contributed by atoms with Crippen molar-refractivity contribution in [3.63, 3.8) is 0 Å². The fourth-order valence-corrected chi connectivity index (χ4v) is 10.3. The van der Waals surface area contributed by atoms with Gasteiger partial charge < -0.3 is 63.2 Å². The molecule has 0 aliphatic carbocycles. The van der Waals surface area contributed by atoms with Crippen LogP contribution in [-0.2, 0) is 35.8 Å². The van der Waals surface area contributed by atoms with Crippen molar-refractivity contribution in [2.75, 3.05) is 19.6 Å². The Morgan fingerprint density at radius 3 is 0.976 bits per heavy atom. The van der Waals surface area contributed by atoms with Crippen LogP contribution in [0.4, 0.5) is 40.7 Å². The van der Waals surface area contributed by atoms with Gasteiger partial charge in [-0.2, -0.15) is 0 Å². The van der Waals surface area contributed by atoms with E-state index in [2.05, 4.69) is 6.58 Å². The summed E-state index contributed by atoms with van der Waals surface area (Å²) in [7, 11) is 0. The Morgan fingerprint density at radius 2 is 0.720 bits per heavy atom. The SMILES string of the molecule is C=CC[C@]1(c2ccc(F)cc2)CCN([C@@H](C)c2ccc(F)cc2)C(=O)O1.CC(O)C[C@]1(c2ccc(F)cc2)CCN([C@@H](C)c2ccc(F)cc2)C(=O)O1.C[C@@H](c1ccc(F)cc1)N1CC[C@](CC=O)(c2ccc(F)cc2)OC1=O.[Br-].[CH3-].[Mg+2]. The number of carbonyl (C=O) groups is 4. The average Bonchev–Trinajstić information content (AvgIpc) is 3.45. The zero-order valence-electron chi connectivity index (χ0n) is 46.4. The van der Waals surface area contributed by atoms with Gasteiger partial charge in [-0.3, -0.25) is 0 Å². The van der Waals surface area contributed by atoms with Crippen LogP contribution in [0.1, 0.15) is 118 Å². The van der Waals surface area contributed by atoms with E-state index in [1.165, 1.54) is 84.9 Å². The summed E-state index contributed by atoms with van der Waals surface area (Å²) >= 11 is 0. The Kier molecular flexibility index (Phi) is 24.9. The van der Waals surface area contributed by atoms with Crippen LogP contribution in [0, 0.1) is 42.3 Å². The minimum absolute atomic E-state index is 0. The van der Waals surface area contributed by atoms with E-state index in [9.17, 15) is 50.6 Å². The molecule has 11 nitrogen and oxygen atoms in total. The summed E-state index contributed by atoms with van der Waals surface area (Å²) in [6.45, 7) is 12.2. The molecule has 3 saturated heterocycles. The fraction of sp³-hybridized carbons (Fsp3) is 0.317. The number of halogens is 7. The summed E-state index contributed by atoms with van der Waals surface area (Å²) < 4.78 is 96.5. The van der Waals surface area contributed by atoms with Crippen LogP contribution in [0.15, 0.2) is 158 Å². The van der Waals surface area contributed by atoms with Crippen molar-refractivity contribution < 1.29 is 81.8 Å². The topological polar surface area (TPSA) is 126 Å². The number of cyclic esters (lactones) is 3.